The minimum atomic E-state index is -0.165. The second-order valence-corrected chi connectivity index (χ2v) is 5.57. The number of carbonyl (C=O) groups excluding carboxylic acids is 2. The highest BCUT2D eigenvalue weighted by Gasteiger charge is 2.12. The van der Waals surface area contributed by atoms with Crippen LogP contribution in [-0.2, 0) is 14.3 Å². The van der Waals surface area contributed by atoms with Gasteiger partial charge in [0.05, 0.1) is 20.3 Å². The van der Waals surface area contributed by atoms with E-state index in [0.717, 1.165) is 17.9 Å². The Morgan fingerprint density at radius 2 is 1.72 bits per heavy atom. The van der Waals surface area contributed by atoms with Crippen molar-refractivity contribution >= 4 is 11.8 Å². The van der Waals surface area contributed by atoms with Gasteiger partial charge in [-0.25, -0.2) is 0 Å². The molecule has 1 rings (SSSR count). The van der Waals surface area contributed by atoms with Gasteiger partial charge in [0.2, 0.25) is 11.8 Å². The molecule has 0 aliphatic heterocycles. The van der Waals surface area contributed by atoms with E-state index in [1.807, 2.05) is 24.3 Å². The molecular weight excluding hydrogens is 324 g/mol. The molecule has 2 amide bonds. The quantitative estimate of drug-likeness (QED) is 0.577. The minimum absolute atomic E-state index is 0.0607. The van der Waals surface area contributed by atoms with Gasteiger partial charge in [-0.05, 0) is 37.1 Å². The van der Waals surface area contributed by atoms with Crippen molar-refractivity contribution in [2.45, 2.75) is 19.3 Å². The zero-order valence-corrected chi connectivity index (χ0v) is 15.2. The molecule has 1 aromatic carbocycles. The molecule has 7 heteroatoms. The summed E-state index contributed by atoms with van der Waals surface area (Å²) in [7, 11) is 4.85. The third-order valence-corrected chi connectivity index (χ3v) is 3.52. The average Bonchev–Trinajstić information content (AvgIpc) is 2.62. The van der Waals surface area contributed by atoms with Gasteiger partial charge in [0, 0.05) is 33.7 Å². The number of rotatable bonds is 12. The van der Waals surface area contributed by atoms with Gasteiger partial charge in [0.25, 0.3) is 0 Å². The monoisotopic (exact) mass is 352 g/mol. The van der Waals surface area contributed by atoms with Crippen LogP contribution in [0.3, 0.4) is 0 Å². The molecule has 0 radical (unpaired) electrons. The number of hydrogen-bond acceptors (Lipinski definition) is 5. The summed E-state index contributed by atoms with van der Waals surface area (Å²) in [6, 6.07) is 7.28. The third-order valence-electron chi connectivity index (χ3n) is 3.52. The Balaban J connectivity index is 2.16. The summed E-state index contributed by atoms with van der Waals surface area (Å²) in [5, 5.41) is 2.75. The molecule has 0 fully saturated rings. The van der Waals surface area contributed by atoms with Crippen LogP contribution in [-0.4, -0.2) is 64.3 Å². The van der Waals surface area contributed by atoms with Crippen LogP contribution in [0.25, 0.3) is 0 Å². The Labute approximate surface area is 149 Å². The molecule has 7 nitrogen and oxygen atoms in total. The van der Waals surface area contributed by atoms with Crippen LogP contribution in [0.15, 0.2) is 24.3 Å². The molecule has 0 bridgehead atoms. The summed E-state index contributed by atoms with van der Waals surface area (Å²) in [6.45, 7) is 1.65. The number of ether oxygens (including phenoxy) is 3. The van der Waals surface area contributed by atoms with Crippen molar-refractivity contribution in [1.82, 2.24) is 10.2 Å². The Hall–Kier alpha value is -2.28. The number of hydrogen-bond donors (Lipinski definition) is 1. The standard InChI is InChI=1S/C18H28N2O5/c1-20(14-17(21)19-11-5-12-23-2)18(22)6-4-13-25-16-9-7-15(24-3)8-10-16/h7-10H,4-6,11-14H2,1-3H3,(H,19,21). The van der Waals surface area contributed by atoms with Gasteiger partial charge in [0.1, 0.15) is 11.5 Å². The number of likely N-dealkylation sites (N-methyl/N-ethyl adjacent to an activating group) is 1. The Morgan fingerprint density at radius 1 is 1.04 bits per heavy atom. The Bertz CT molecular complexity index is 519. The molecule has 0 saturated heterocycles. The van der Waals surface area contributed by atoms with E-state index in [2.05, 4.69) is 5.32 Å². The van der Waals surface area contributed by atoms with Gasteiger partial charge in [0.15, 0.2) is 0 Å². The van der Waals surface area contributed by atoms with E-state index < -0.39 is 0 Å². The topological polar surface area (TPSA) is 77.1 Å². The van der Waals surface area contributed by atoms with Crippen LogP contribution in [0.2, 0.25) is 0 Å². The zero-order chi connectivity index (χ0) is 18.5. The predicted octanol–water partition coefficient (Wildman–Crippen LogP) is 1.47. The third kappa shape index (κ3) is 8.95. The molecule has 140 valence electrons. The molecular formula is C18H28N2O5. The van der Waals surface area contributed by atoms with Crippen LogP contribution in [0.1, 0.15) is 19.3 Å². The van der Waals surface area contributed by atoms with Gasteiger partial charge < -0.3 is 24.4 Å². The van der Waals surface area contributed by atoms with E-state index in [9.17, 15) is 9.59 Å². The highest BCUT2D eigenvalue weighted by atomic mass is 16.5. The van der Waals surface area contributed by atoms with Crippen molar-refractivity contribution < 1.29 is 23.8 Å². The van der Waals surface area contributed by atoms with Gasteiger partial charge >= 0.3 is 0 Å². The average molecular weight is 352 g/mol. The smallest absolute Gasteiger partial charge is 0.239 e. The minimum Gasteiger partial charge on any atom is -0.497 e. The van der Waals surface area contributed by atoms with Gasteiger partial charge in [-0.3, -0.25) is 9.59 Å². The summed E-state index contributed by atoms with van der Waals surface area (Å²) in [5.41, 5.74) is 0. The number of amides is 2. The zero-order valence-electron chi connectivity index (χ0n) is 15.2. The van der Waals surface area contributed by atoms with Gasteiger partial charge in [-0.2, -0.15) is 0 Å². The second kappa shape index (κ2) is 12.1. The number of nitrogens with zero attached hydrogens (tertiary/aromatic N) is 1. The SMILES string of the molecule is COCCCNC(=O)CN(C)C(=O)CCCOc1ccc(OC)cc1. The van der Waals surface area contributed by atoms with Crippen LogP contribution >= 0.6 is 0 Å². The number of methoxy groups -OCH3 is 2. The van der Waals surface area contributed by atoms with E-state index in [-0.39, 0.29) is 18.4 Å². The maximum atomic E-state index is 12.0. The Kier molecular flexibility index (Phi) is 10.1. The highest BCUT2D eigenvalue weighted by molar-refractivity contribution is 5.84. The fourth-order valence-corrected chi connectivity index (χ4v) is 2.08. The molecule has 1 N–H and O–H groups in total. The summed E-state index contributed by atoms with van der Waals surface area (Å²) < 4.78 is 15.6. The number of nitrogens with one attached hydrogen (secondary N) is 1. The van der Waals surface area contributed by atoms with E-state index >= 15 is 0 Å². The predicted molar refractivity (Wildman–Crippen MR) is 94.9 cm³/mol. The molecule has 25 heavy (non-hydrogen) atoms. The van der Waals surface area contributed by atoms with Gasteiger partial charge in [-0.1, -0.05) is 0 Å². The van der Waals surface area contributed by atoms with Crippen molar-refractivity contribution in [2.75, 3.05) is 47.6 Å². The summed E-state index contributed by atoms with van der Waals surface area (Å²) in [4.78, 5) is 25.1. The van der Waals surface area contributed by atoms with E-state index in [1.165, 1.54) is 4.90 Å². The lowest BCUT2D eigenvalue weighted by Crippen LogP contribution is -2.38. The van der Waals surface area contributed by atoms with Crippen molar-refractivity contribution in [1.29, 1.82) is 0 Å². The molecule has 0 aromatic heterocycles. The first-order valence-electron chi connectivity index (χ1n) is 8.33. The second-order valence-electron chi connectivity index (χ2n) is 5.57. The number of carbonyl (C=O) groups is 2. The van der Waals surface area contributed by atoms with Crippen LogP contribution in [0.4, 0.5) is 0 Å². The largest absolute Gasteiger partial charge is 0.497 e. The van der Waals surface area contributed by atoms with Crippen molar-refractivity contribution in [3.05, 3.63) is 24.3 Å². The lowest BCUT2D eigenvalue weighted by molar-refractivity contribution is -0.134. The first kappa shape index (κ1) is 20.8. The van der Waals surface area contributed by atoms with Gasteiger partial charge in [-0.15, -0.1) is 0 Å². The first-order valence-corrected chi connectivity index (χ1v) is 8.33. The van der Waals surface area contributed by atoms with Crippen LogP contribution in [0, 0.1) is 0 Å². The Morgan fingerprint density at radius 3 is 2.36 bits per heavy atom. The van der Waals surface area contributed by atoms with E-state index in [4.69, 9.17) is 14.2 Å². The van der Waals surface area contributed by atoms with Crippen LogP contribution in [0.5, 0.6) is 11.5 Å². The fourth-order valence-electron chi connectivity index (χ4n) is 2.08. The molecule has 0 heterocycles. The summed E-state index contributed by atoms with van der Waals surface area (Å²) in [6.07, 6.45) is 1.68. The van der Waals surface area contributed by atoms with Crippen molar-refractivity contribution in [3.8, 4) is 11.5 Å². The lowest BCUT2D eigenvalue weighted by Gasteiger charge is -2.17. The molecule has 0 unspecified atom stereocenters. The summed E-state index contributed by atoms with van der Waals surface area (Å²) in [5.74, 6) is 1.26. The molecule has 1 aromatic rings. The van der Waals surface area contributed by atoms with E-state index in [1.54, 1.807) is 21.3 Å². The molecule has 0 aliphatic carbocycles. The van der Waals surface area contributed by atoms with E-state index in [0.29, 0.717) is 32.6 Å². The normalized spacial score (nSPS) is 10.2. The van der Waals surface area contributed by atoms with Crippen LogP contribution < -0.4 is 14.8 Å². The first-order chi connectivity index (χ1) is 12.1. The molecule has 0 atom stereocenters. The number of benzene rings is 1. The van der Waals surface area contributed by atoms with Crippen molar-refractivity contribution in [3.63, 3.8) is 0 Å². The summed E-state index contributed by atoms with van der Waals surface area (Å²) >= 11 is 0. The maximum Gasteiger partial charge on any atom is 0.239 e. The maximum absolute atomic E-state index is 12.0. The molecule has 0 aliphatic rings. The highest BCUT2D eigenvalue weighted by Crippen LogP contribution is 2.17. The lowest BCUT2D eigenvalue weighted by atomic mass is 10.3. The molecule has 0 saturated carbocycles. The fraction of sp³-hybridized carbons (Fsp3) is 0.556. The molecule has 0 spiro atoms. The van der Waals surface area contributed by atoms with Crippen molar-refractivity contribution in [2.24, 2.45) is 0 Å².